The SMILES string of the molecule is [Pb].[S]=[Sb].[Sn]. The molecule has 0 rings (SSSR count). The summed E-state index contributed by atoms with van der Waals surface area (Å²) in [5, 5.41) is 0. The third-order valence-corrected chi connectivity index (χ3v) is 0. The summed E-state index contributed by atoms with van der Waals surface area (Å²) in [7, 11) is 4.13. The van der Waals surface area contributed by atoms with E-state index < -0.39 is 0 Å². The topological polar surface area (TPSA) is 0 Å². The monoisotopic (exact) mass is 481 g/mol. The van der Waals surface area contributed by atoms with Gasteiger partial charge in [0.25, 0.3) is 0 Å². The predicted molar refractivity (Wildman–Crippen MR) is 24.9 cm³/mol. The van der Waals surface area contributed by atoms with E-state index in [0.29, 0.717) is 0 Å². The van der Waals surface area contributed by atoms with Gasteiger partial charge in [-0.1, -0.05) is 0 Å². The van der Waals surface area contributed by atoms with Crippen LogP contribution in [-0.4, -0.2) is 72.3 Å². The molecule has 4 heteroatoms. The van der Waals surface area contributed by atoms with Crippen molar-refractivity contribution in [3.05, 3.63) is 0 Å². The Balaban J connectivity index is -0.00000000500. The first-order chi connectivity index (χ1) is 1.00. The summed E-state index contributed by atoms with van der Waals surface area (Å²) in [4.78, 5) is 0. The third-order valence-electron chi connectivity index (χ3n) is 0. The van der Waals surface area contributed by atoms with Crippen LogP contribution < -0.4 is 0 Å². The van der Waals surface area contributed by atoms with Crippen molar-refractivity contribution in [2.75, 3.05) is 0 Å². The molecular weight excluding hydrogens is 480 g/mol. The van der Waals surface area contributed by atoms with Crippen LogP contribution in [0.4, 0.5) is 0 Å². The zero-order valence-corrected chi connectivity index (χ0v) is 12.0. The fourth-order valence-electron chi connectivity index (χ4n) is 0. The van der Waals surface area contributed by atoms with Crippen molar-refractivity contribution in [2.24, 2.45) is 0 Å². The maximum Gasteiger partial charge on any atom is 0 e. The van der Waals surface area contributed by atoms with E-state index in [1.54, 1.807) is 0 Å². The second-order valence-corrected chi connectivity index (χ2v) is 0. The van der Waals surface area contributed by atoms with Gasteiger partial charge in [0.15, 0.2) is 0 Å². The van der Waals surface area contributed by atoms with Crippen LogP contribution in [0.5, 0.6) is 0 Å². The average molecular weight is 480 g/mol. The van der Waals surface area contributed by atoms with E-state index >= 15 is 0 Å². The standard InChI is InChI=1S/Pb.S.Sb.Sn. The van der Waals surface area contributed by atoms with E-state index in [1.165, 1.54) is 21.1 Å². The average Bonchev–Trinajstić information content (AvgIpc) is 1.00. The molecule has 0 saturated heterocycles. The van der Waals surface area contributed by atoms with Gasteiger partial charge in [0.2, 0.25) is 0 Å². The van der Waals surface area contributed by atoms with Crippen LogP contribution in [0.3, 0.4) is 0 Å². The van der Waals surface area contributed by atoms with Gasteiger partial charge < -0.3 is 0 Å². The number of hydrogen-bond acceptors (Lipinski definition) is 1. The van der Waals surface area contributed by atoms with Gasteiger partial charge in [-0.15, -0.1) is 0 Å². The molecule has 0 aromatic rings. The minimum atomic E-state index is 0. The van der Waals surface area contributed by atoms with Crippen LogP contribution in [0.15, 0.2) is 0 Å². The summed E-state index contributed by atoms with van der Waals surface area (Å²) in [5.74, 6) is 0. The first-order valence-corrected chi connectivity index (χ1v) is 3.67. The maximum absolute atomic E-state index is 4.13. The molecule has 0 spiro atoms. The van der Waals surface area contributed by atoms with Crippen LogP contribution >= 0.6 is 9.19 Å². The minimum absolute atomic E-state index is 0. The van der Waals surface area contributed by atoms with Crippen molar-refractivity contribution in [3.8, 4) is 0 Å². The molecule has 0 atom stereocenters. The Morgan fingerprint density at radius 3 is 1.25 bits per heavy atom. The van der Waals surface area contributed by atoms with Gasteiger partial charge >= 0.3 is 30.2 Å². The van der Waals surface area contributed by atoms with E-state index in [1.807, 2.05) is 0 Å². The van der Waals surface area contributed by atoms with Crippen molar-refractivity contribution >= 4 is 81.5 Å². The Bertz CT molecular complexity index is 8.00. The Morgan fingerprint density at radius 2 is 1.25 bits per heavy atom. The molecule has 0 aliphatic rings. The van der Waals surface area contributed by atoms with E-state index in [0.717, 1.165) is 0 Å². The zero-order chi connectivity index (χ0) is 2.00. The van der Waals surface area contributed by atoms with Gasteiger partial charge in [0, 0.05) is 51.2 Å². The summed E-state index contributed by atoms with van der Waals surface area (Å²) >= 11 is 1.33. The molecule has 0 fully saturated rings. The molecule has 0 nitrogen and oxygen atoms in total. The smallest absolute Gasteiger partial charge is 0 e. The Labute approximate surface area is 79.8 Å². The molecule has 0 saturated carbocycles. The summed E-state index contributed by atoms with van der Waals surface area (Å²) < 4.78 is 0. The summed E-state index contributed by atoms with van der Waals surface area (Å²) in [6.07, 6.45) is 0. The second kappa shape index (κ2) is 17.1. The van der Waals surface area contributed by atoms with Gasteiger partial charge in [0.1, 0.15) is 0 Å². The molecule has 0 amide bonds. The van der Waals surface area contributed by atoms with Crippen LogP contribution in [-0.2, 0) is 0 Å². The van der Waals surface area contributed by atoms with Crippen molar-refractivity contribution in [3.63, 3.8) is 0 Å². The molecule has 19 valence electrons. The first-order valence-electron chi connectivity index (χ1n) is 0.183. The molecule has 0 aliphatic carbocycles. The van der Waals surface area contributed by atoms with Crippen LogP contribution in [0.1, 0.15) is 0 Å². The zero-order valence-electron chi connectivity index (χ0n) is 1.86. The van der Waals surface area contributed by atoms with Crippen LogP contribution in [0.25, 0.3) is 0 Å². The fraction of sp³-hybridized carbons (Fsp3) is 0. The first kappa shape index (κ1) is 15.9. The molecule has 0 unspecified atom stereocenters. The number of hydrogen-bond donors (Lipinski definition) is 0. The van der Waals surface area contributed by atoms with Crippen molar-refractivity contribution in [2.45, 2.75) is 0 Å². The molecule has 0 bridgehead atoms. The Morgan fingerprint density at radius 1 is 1.25 bits per heavy atom. The van der Waals surface area contributed by atoms with E-state index in [4.69, 9.17) is 0 Å². The normalized spacial score (nSPS) is 1.00. The van der Waals surface area contributed by atoms with E-state index in [2.05, 4.69) is 9.19 Å². The van der Waals surface area contributed by atoms with Crippen LogP contribution in [0.2, 0.25) is 0 Å². The molecule has 0 aromatic carbocycles. The maximum atomic E-state index is 4.13. The molecule has 0 aromatic heterocycles. The van der Waals surface area contributed by atoms with E-state index in [9.17, 15) is 0 Å². The van der Waals surface area contributed by atoms with Crippen molar-refractivity contribution in [1.29, 1.82) is 0 Å². The van der Waals surface area contributed by atoms with Gasteiger partial charge in [-0.25, -0.2) is 0 Å². The third kappa shape index (κ3) is 8.83. The molecule has 4 heavy (non-hydrogen) atoms. The predicted octanol–water partition coefficient (Wildman–Crippen LogP) is -0.494. The molecule has 0 N–H and O–H groups in total. The van der Waals surface area contributed by atoms with Gasteiger partial charge in [-0.3, -0.25) is 0 Å². The summed E-state index contributed by atoms with van der Waals surface area (Å²) in [6.45, 7) is 0. The number of rotatable bonds is 0. The van der Waals surface area contributed by atoms with Gasteiger partial charge in [0.05, 0.1) is 0 Å². The molecule has 0 heterocycles. The quantitative estimate of drug-likeness (QED) is 0.423. The molecular formula is PbSSbSn. The van der Waals surface area contributed by atoms with Gasteiger partial charge in [-0.05, 0) is 0 Å². The van der Waals surface area contributed by atoms with Crippen LogP contribution in [0, 0.1) is 0 Å². The fourth-order valence-corrected chi connectivity index (χ4v) is 0. The molecule has 9 radical (unpaired) electrons. The van der Waals surface area contributed by atoms with Crippen molar-refractivity contribution in [1.82, 2.24) is 0 Å². The minimum Gasteiger partial charge on any atom is 0 e. The Kier molecular flexibility index (Phi) is 68.0. The summed E-state index contributed by atoms with van der Waals surface area (Å²) in [6, 6.07) is 0. The van der Waals surface area contributed by atoms with E-state index in [-0.39, 0.29) is 51.2 Å². The largest absolute Gasteiger partial charge is 0 e. The molecule has 0 aliphatic heterocycles. The van der Waals surface area contributed by atoms with Crippen molar-refractivity contribution < 1.29 is 0 Å². The second-order valence-electron chi connectivity index (χ2n) is 0. The summed E-state index contributed by atoms with van der Waals surface area (Å²) in [5.41, 5.74) is 0. The Hall–Kier alpha value is 2.76. The van der Waals surface area contributed by atoms with Gasteiger partial charge in [-0.2, -0.15) is 0 Å².